The second kappa shape index (κ2) is 14.2. The average molecular weight is 637 g/mol. The van der Waals surface area contributed by atoms with Crippen molar-refractivity contribution in [2.45, 2.75) is 64.1 Å². The lowest BCUT2D eigenvalue weighted by molar-refractivity contribution is -0.128. The first kappa shape index (κ1) is 31.3. The molecule has 11 nitrogen and oxygen atoms in total. The minimum Gasteiger partial charge on any atom is -0.461 e. The van der Waals surface area contributed by atoms with Crippen molar-refractivity contribution in [3.05, 3.63) is 59.6 Å². The van der Waals surface area contributed by atoms with Crippen LogP contribution in [0.15, 0.2) is 42.7 Å². The lowest BCUT2D eigenvalue weighted by Crippen LogP contribution is -2.55. The number of aryl methyl sites for hydroxylation is 1. The quantitative estimate of drug-likeness (QED) is 0.226. The Morgan fingerprint density at radius 2 is 1.94 bits per heavy atom. The Bertz CT molecular complexity index is 1660. The molecule has 5 heterocycles. The van der Waals surface area contributed by atoms with Gasteiger partial charge < -0.3 is 24.2 Å². The van der Waals surface area contributed by atoms with Crippen LogP contribution in [0, 0.1) is 18.3 Å². The normalized spacial score (nSPS) is 20.2. The van der Waals surface area contributed by atoms with Crippen molar-refractivity contribution in [3.8, 4) is 12.1 Å². The van der Waals surface area contributed by atoms with E-state index in [1.807, 2.05) is 23.4 Å². The highest BCUT2D eigenvalue weighted by atomic mass is 16.5. The van der Waals surface area contributed by atoms with Crippen LogP contribution < -0.4 is 14.5 Å². The van der Waals surface area contributed by atoms with Crippen molar-refractivity contribution in [1.29, 1.82) is 5.26 Å². The largest absolute Gasteiger partial charge is 0.461 e. The van der Waals surface area contributed by atoms with Crippen molar-refractivity contribution >= 4 is 28.2 Å². The second-order valence-electron chi connectivity index (χ2n) is 13.1. The smallest absolute Gasteiger partial charge is 0.318 e. The maximum absolute atomic E-state index is 13.3. The minimum absolute atomic E-state index is 0.0249. The number of aromatic nitrogens is 3. The summed E-state index contributed by atoms with van der Waals surface area (Å²) in [6.07, 6.45) is 13.6. The van der Waals surface area contributed by atoms with E-state index in [1.165, 1.54) is 23.8 Å². The Kier molecular flexibility index (Phi) is 9.49. The molecule has 1 atom stereocenters. The number of nitrogens with zero attached hydrogens (tertiary/aromatic N) is 8. The fraction of sp³-hybridized carbons (Fsp3) is 0.528. The molecule has 2 saturated heterocycles. The summed E-state index contributed by atoms with van der Waals surface area (Å²) in [4.78, 5) is 36.6. The van der Waals surface area contributed by atoms with E-state index in [0.717, 1.165) is 73.6 Å². The van der Waals surface area contributed by atoms with Gasteiger partial charge in [0.05, 0.1) is 55.4 Å². The third-order valence-corrected chi connectivity index (χ3v) is 9.74. The molecule has 4 aliphatic rings. The van der Waals surface area contributed by atoms with E-state index in [2.05, 4.69) is 50.9 Å². The van der Waals surface area contributed by atoms with Crippen LogP contribution in [0.3, 0.4) is 0 Å². The van der Waals surface area contributed by atoms with Crippen LogP contribution >= 0.6 is 0 Å². The lowest BCUT2D eigenvalue weighted by atomic mass is 10.0. The third-order valence-electron chi connectivity index (χ3n) is 9.74. The number of ether oxygens (including phenoxy) is 2. The van der Waals surface area contributed by atoms with Gasteiger partial charge in [-0.1, -0.05) is 24.3 Å². The Labute approximate surface area is 276 Å². The summed E-state index contributed by atoms with van der Waals surface area (Å²) in [6.45, 7) is 9.09. The number of carbonyl (C=O) groups is 1. The number of likely N-dealkylation sites (tertiary alicyclic amines) is 1. The van der Waals surface area contributed by atoms with Gasteiger partial charge in [0.2, 0.25) is 5.91 Å². The Morgan fingerprint density at radius 3 is 2.77 bits per heavy atom. The summed E-state index contributed by atoms with van der Waals surface area (Å²) < 4.78 is 11.9. The van der Waals surface area contributed by atoms with Crippen molar-refractivity contribution in [2.24, 2.45) is 0 Å². The number of rotatable bonds is 11. The number of anilines is 2. The molecule has 3 aliphatic heterocycles. The van der Waals surface area contributed by atoms with Gasteiger partial charge in [0.1, 0.15) is 12.4 Å². The fourth-order valence-corrected chi connectivity index (χ4v) is 7.12. The first-order valence-corrected chi connectivity index (χ1v) is 17.1. The molecule has 7 rings (SSSR count). The summed E-state index contributed by atoms with van der Waals surface area (Å²) >= 11 is 0. The van der Waals surface area contributed by atoms with Crippen LogP contribution in [0.1, 0.15) is 48.9 Å². The van der Waals surface area contributed by atoms with Gasteiger partial charge in [0, 0.05) is 61.3 Å². The van der Waals surface area contributed by atoms with Gasteiger partial charge in [-0.25, -0.2) is 0 Å². The zero-order valence-electron chi connectivity index (χ0n) is 27.3. The highest BCUT2D eigenvalue weighted by Crippen LogP contribution is 2.35. The summed E-state index contributed by atoms with van der Waals surface area (Å²) in [5, 5.41) is 12.1. The molecular formula is C36H44N8O3. The van der Waals surface area contributed by atoms with E-state index in [0.29, 0.717) is 51.5 Å². The number of benzene rings is 1. The predicted octanol–water partition coefficient (Wildman–Crippen LogP) is 4.04. The number of carbonyl (C=O) groups excluding carboxylic acids is 1. The Hall–Kier alpha value is -4.27. The van der Waals surface area contributed by atoms with Gasteiger partial charge in [0.25, 0.3) is 0 Å². The van der Waals surface area contributed by atoms with Crippen LogP contribution in [-0.4, -0.2) is 102 Å². The van der Waals surface area contributed by atoms with Crippen LogP contribution in [0.2, 0.25) is 0 Å². The molecule has 1 aromatic carbocycles. The Balaban J connectivity index is 1.13. The number of nitriles is 1. The number of hydrogen-bond donors (Lipinski definition) is 0. The number of hydrogen-bond acceptors (Lipinski definition) is 10. The first-order valence-electron chi connectivity index (χ1n) is 17.1. The van der Waals surface area contributed by atoms with Crippen LogP contribution in [0.5, 0.6) is 6.01 Å². The van der Waals surface area contributed by atoms with Gasteiger partial charge in [-0.05, 0) is 57.7 Å². The highest BCUT2D eigenvalue weighted by molar-refractivity contribution is 5.96. The molecule has 0 bridgehead atoms. The van der Waals surface area contributed by atoms with Crippen LogP contribution in [0.25, 0.3) is 10.8 Å². The molecule has 0 spiro atoms. The number of fused-ring (bicyclic) bond motifs is 2. The molecule has 47 heavy (non-hydrogen) atoms. The summed E-state index contributed by atoms with van der Waals surface area (Å²) in [7, 11) is 0. The molecule has 3 fully saturated rings. The van der Waals surface area contributed by atoms with Gasteiger partial charge in [-0.15, -0.1) is 0 Å². The molecule has 0 unspecified atom stereocenters. The molecule has 3 aromatic rings. The topological polar surface area (TPSA) is 111 Å². The number of amides is 1. The van der Waals surface area contributed by atoms with Crippen LogP contribution in [0.4, 0.5) is 11.5 Å². The molecular weight excluding hydrogens is 592 g/mol. The molecule has 11 heteroatoms. The van der Waals surface area contributed by atoms with Gasteiger partial charge in [-0.3, -0.25) is 14.7 Å². The molecule has 0 N–H and O–H groups in total. The molecule has 246 valence electrons. The van der Waals surface area contributed by atoms with Crippen molar-refractivity contribution in [3.63, 3.8) is 0 Å². The van der Waals surface area contributed by atoms with Gasteiger partial charge in [0.15, 0.2) is 0 Å². The fourth-order valence-electron chi connectivity index (χ4n) is 7.12. The molecule has 1 aliphatic carbocycles. The minimum atomic E-state index is -0.232. The van der Waals surface area contributed by atoms with E-state index in [4.69, 9.17) is 19.4 Å². The first-order chi connectivity index (χ1) is 23.1. The highest BCUT2D eigenvalue weighted by Gasteiger charge is 2.34. The van der Waals surface area contributed by atoms with Crippen molar-refractivity contribution < 1.29 is 14.3 Å². The monoisotopic (exact) mass is 636 g/mol. The third kappa shape index (κ3) is 7.19. The zero-order chi connectivity index (χ0) is 32.2. The van der Waals surface area contributed by atoms with Gasteiger partial charge in [-0.2, -0.15) is 15.2 Å². The maximum Gasteiger partial charge on any atom is 0.318 e. The molecule has 1 saturated carbocycles. The summed E-state index contributed by atoms with van der Waals surface area (Å²) in [5.74, 6) is 0.822. The lowest BCUT2D eigenvalue weighted by Gasteiger charge is -2.42. The van der Waals surface area contributed by atoms with Gasteiger partial charge >= 0.3 is 6.01 Å². The van der Waals surface area contributed by atoms with E-state index < -0.39 is 0 Å². The number of piperazine rings is 1. The average Bonchev–Trinajstić information content (AvgIpc) is 3.77. The van der Waals surface area contributed by atoms with E-state index in [-0.39, 0.29) is 18.4 Å². The van der Waals surface area contributed by atoms with E-state index in [1.54, 1.807) is 6.08 Å². The Morgan fingerprint density at radius 1 is 1.06 bits per heavy atom. The van der Waals surface area contributed by atoms with Crippen molar-refractivity contribution in [1.82, 2.24) is 24.8 Å². The van der Waals surface area contributed by atoms with E-state index in [9.17, 15) is 10.1 Å². The standard InChI is InChI=1S/C36H44N8O3/c1-26-6-4-7-27-22-38-23-32(34(26)27)42-17-12-30-31(25-42)39-36(47-21-20-46-29-9-10-29)40-35(30)43-18-19-44(28(24-43)11-13-37)33(45)8-5-16-41-14-2-3-15-41/h4-8,22-23,28-29H,2-3,9-12,14-21,24-25H2,1H3/b8-5+/t28-/m0/s1. The second-order valence-corrected chi connectivity index (χ2v) is 13.1. The number of pyridine rings is 1. The van der Waals surface area contributed by atoms with Crippen molar-refractivity contribution in [2.75, 3.05) is 68.8 Å². The molecule has 0 radical (unpaired) electrons. The zero-order valence-corrected chi connectivity index (χ0v) is 27.3. The molecule has 2 aromatic heterocycles. The predicted molar refractivity (Wildman–Crippen MR) is 180 cm³/mol. The van der Waals surface area contributed by atoms with E-state index >= 15 is 0 Å². The summed E-state index contributed by atoms with van der Waals surface area (Å²) in [5.41, 5.74) is 4.36. The SMILES string of the molecule is Cc1cccc2cncc(N3CCc4c(nc(OCCOC5CC5)nc4N4CCN(C(=O)/C=C/CN5CCCC5)[C@@H](CC#N)C4)C3)c12. The molecule has 1 amide bonds. The summed E-state index contributed by atoms with van der Waals surface area (Å²) in [6, 6.07) is 8.76. The maximum atomic E-state index is 13.3. The van der Waals surface area contributed by atoms with Crippen LogP contribution in [-0.2, 0) is 22.5 Å².